The van der Waals surface area contributed by atoms with Crippen LogP contribution in [0.5, 0.6) is 0 Å². The van der Waals surface area contributed by atoms with E-state index in [9.17, 15) is 0 Å². The van der Waals surface area contributed by atoms with Crippen molar-refractivity contribution in [2.45, 2.75) is 98.6 Å². The first-order valence-corrected chi connectivity index (χ1v) is 12.6. The quantitative estimate of drug-likeness (QED) is 0.566. The first-order valence-electron chi connectivity index (χ1n) is 9.73. The van der Waals surface area contributed by atoms with Gasteiger partial charge in [0.2, 0.25) is 8.40 Å². The molecular weight excluding hydrogens is 319 g/mol. The van der Waals surface area contributed by atoms with Gasteiger partial charge in [0.25, 0.3) is 0 Å². The number of anilines is 1. The van der Waals surface area contributed by atoms with Crippen molar-refractivity contribution in [3.05, 3.63) is 29.3 Å². The lowest BCUT2D eigenvalue weighted by Gasteiger charge is -2.67. The standard InChI is InChI=1S/C21H39BN2Si/c1-19(2,3)16-14-13-15-17(20(4,5)6)18(16)23-22(10)24(21(7,8)9)25(23,11)12/h13-15H,1-12H3. The Hall–Kier alpha value is -0.738. The minimum Gasteiger partial charge on any atom is -0.418 e. The summed E-state index contributed by atoms with van der Waals surface area (Å²) in [5.74, 6) is 0. The lowest BCUT2D eigenvalue weighted by atomic mass is 9.72. The van der Waals surface area contributed by atoms with E-state index in [0.29, 0.717) is 6.98 Å². The third-order valence-corrected chi connectivity index (χ3v) is 9.54. The zero-order valence-corrected chi connectivity index (χ0v) is 19.7. The van der Waals surface area contributed by atoms with Crippen LogP contribution in [0.4, 0.5) is 5.69 Å². The molecule has 0 aromatic heterocycles. The van der Waals surface area contributed by atoms with Gasteiger partial charge in [-0.2, -0.15) is 0 Å². The van der Waals surface area contributed by atoms with E-state index in [1.54, 1.807) is 0 Å². The molecular formula is C21H39BN2Si. The second kappa shape index (κ2) is 5.88. The van der Waals surface area contributed by atoms with E-state index in [2.05, 4.69) is 109 Å². The molecule has 0 N–H and O–H groups in total. The van der Waals surface area contributed by atoms with Crippen molar-refractivity contribution < 1.29 is 0 Å². The largest absolute Gasteiger partial charge is 0.418 e. The van der Waals surface area contributed by atoms with Crippen LogP contribution < -0.4 is 4.48 Å². The summed E-state index contributed by atoms with van der Waals surface area (Å²) < 4.78 is 5.56. The highest BCUT2D eigenvalue weighted by Crippen LogP contribution is 2.48. The summed E-state index contributed by atoms with van der Waals surface area (Å²) in [5.41, 5.74) is 4.98. The zero-order chi connectivity index (χ0) is 19.6. The molecule has 0 radical (unpaired) electrons. The Morgan fingerprint density at radius 3 is 1.48 bits per heavy atom. The van der Waals surface area contributed by atoms with Crippen molar-refractivity contribution in [3.8, 4) is 0 Å². The Labute approximate surface area is 158 Å². The monoisotopic (exact) mass is 358 g/mol. The maximum absolute atomic E-state index is 2.79. The fraction of sp³-hybridized carbons (Fsp3) is 0.714. The highest BCUT2D eigenvalue weighted by molar-refractivity contribution is 7.04. The number of hydrogen-bond donors (Lipinski definition) is 0. The van der Waals surface area contributed by atoms with E-state index in [-0.39, 0.29) is 16.4 Å². The van der Waals surface area contributed by atoms with Crippen LogP contribution in [0.1, 0.15) is 73.4 Å². The van der Waals surface area contributed by atoms with E-state index < -0.39 is 8.40 Å². The van der Waals surface area contributed by atoms with E-state index in [4.69, 9.17) is 0 Å². The van der Waals surface area contributed by atoms with Crippen LogP contribution >= 0.6 is 0 Å². The molecule has 4 heteroatoms. The highest BCUT2D eigenvalue weighted by atomic mass is 28.3. The molecule has 1 fully saturated rings. The Morgan fingerprint density at radius 1 is 0.800 bits per heavy atom. The van der Waals surface area contributed by atoms with Crippen molar-refractivity contribution in [1.82, 2.24) is 4.48 Å². The fourth-order valence-electron chi connectivity index (χ4n) is 4.95. The van der Waals surface area contributed by atoms with Crippen molar-refractivity contribution in [2.75, 3.05) is 4.48 Å². The average Bonchev–Trinajstić information content (AvgIpc) is 2.33. The summed E-state index contributed by atoms with van der Waals surface area (Å²) >= 11 is 0. The minimum atomic E-state index is -1.70. The molecule has 2 nitrogen and oxygen atoms in total. The molecule has 0 amide bonds. The molecule has 1 saturated heterocycles. The molecule has 1 aliphatic rings. The van der Waals surface area contributed by atoms with Crippen molar-refractivity contribution in [1.29, 1.82) is 0 Å². The van der Waals surface area contributed by atoms with Gasteiger partial charge in [-0.05, 0) is 61.4 Å². The summed E-state index contributed by atoms with van der Waals surface area (Å²) in [6, 6.07) is 6.95. The van der Waals surface area contributed by atoms with Crippen LogP contribution in [0.25, 0.3) is 0 Å². The van der Waals surface area contributed by atoms with Gasteiger partial charge in [-0.1, -0.05) is 66.6 Å². The Kier molecular flexibility index (Phi) is 4.84. The molecule has 0 saturated carbocycles. The topological polar surface area (TPSA) is 6.48 Å². The lowest BCUT2D eigenvalue weighted by molar-refractivity contribution is 0.335. The highest BCUT2D eigenvalue weighted by Gasteiger charge is 2.59. The molecule has 25 heavy (non-hydrogen) atoms. The second-order valence-corrected chi connectivity index (χ2v) is 15.2. The van der Waals surface area contributed by atoms with E-state index in [0.717, 1.165) is 0 Å². The SMILES string of the molecule is CB1N(c2c(C(C)(C)C)cccc2C(C)(C)C)[Si](C)(C)N1C(C)(C)C. The Morgan fingerprint density at radius 2 is 1.20 bits per heavy atom. The maximum Gasteiger partial charge on any atom is 0.326 e. The molecule has 0 bridgehead atoms. The molecule has 2 rings (SSSR count). The van der Waals surface area contributed by atoms with E-state index in [1.165, 1.54) is 16.8 Å². The van der Waals surface area contributed by atoms with E-state index in [1.807, 2.05) is 0 Å². The van der Waals surface area contributed by atoms with Crippen molar-refractivity contribution >= 4 is 21.1 Å². The molecule has 1 aromatic rings. The van der Waals surface area contributed by atoms with E-state index >= 15 is 0 Å². The smallest absolute Gasteiger partial charge is 0.326 e. The van der Waals surface area contributed by atoms with Crippen LogP contribution in [0, 0.1) is 0 Å². The zero-order valence-electron chi connectivity index (χ0n) is 18.7. The molecule has 1 aromatic carbocycles. The number of hydrogen-bond acceptors (Lipinski definition) is 2. The first kappa shape index (κ1) is 20.6. The third-order valence-electron chi connectivity index (χ3n) is 5.54. The third kappa shape index (κ3) is 3.44. The predicted molar refractivity (Wildman–Crippen MR) is 117 cm³/mol. The Bertz CT molecular complexity index is 615. The van der Waals surface area contributed by atoms with Crippen LogP contribution in [0.15, 0.2) is 18.2 Å². The summed E-state index contributed by atoms with van der Waals surface area (Å²) in [7, 11) is -1.70. The lowest BCUT2D eigenvalue weighted by Crippen LogP contribution is -2.87. The van der Waals surface area contributed by atoms with Gasteiger partial charge in [-0.15, -0.1) is 0 Å². The number of benzene rings is 1. The average molecular weight is 358 g/mol. The van der Waals surface area contributed by atoms with Crippen molar-refractivity contribution in [3.63, 3.8) is 0 Å². The molecule has 0 aliphatic carbocycles. The van der Waals surface area contributed by atoms with Crippen molar-refractivity contribution in [2.24, 2.45) is 0 Å². The van der Waals surface area contributed by atoms with Gasteiger partial charge in [0.05, 0.1) is 0 Å². The molecule has 140 valence electrons. The molecule has 1 aliphatic heterocycles. The summed E-state index contributed by atoms with van der Waals surface area (Å²) in [6.07, 6.45) is 0. The van der Waals surface area contributed by atoms with Crippen LogP contribution in [0.3, 0.4) is 0 Å². The van der Waals surface area contributed by atoms with Gasteiger partial charge in [0.1, 0.15) is 0 Å². The van der Waals surface area contributed by atoms with Gasteiger partial charge in [-0.3, -0.25) is 0 Å². The van der Waals surface area contributed by atoms with Gasteiger partial charge in [-0.25, -0.2) is 0 Å². The first-order chi connectivity index (χ1) is 11.0. The predicted octanol–water partition coefficient (Wildman–Crippen LogP) is 6.02. The van der Waals surface area contributed by atoms with Gasteiger partial charge in [0, 0.05) is 5.69 Å². The summed E-state index contributed by atoms with van der Waals surface area (Å²) in [5, 5.41) is 0. The number of para-hydroxylation sites is 1. The normalized spacial score (nSPS) is 19.2. The van der Waals surface area contributed by atoms with Crippen LogP contribution in [-0.4, -0.2) is 25.4 Å². The van der Waals surface area contributed by atoms with Gasteiger partial charge >= 0.3 is 6.98 Å². The second-order valence-electron chi connectivity index (χ2n) is 11.2. The Balaban J connectivity index is 2.71. The van der Waals surface area contributed by atoms with Gasteiger partial charge in [0.15, 0.2) is 0 Å². The molecule has 1 heterocycles. The fourth-order valence-corrected chi connectivity index (χ4v) is 9.50. The molecule has 0 spiro atoms. The summed E-state index contributed by atoms with van der Waals surface area (Å²) in [4.78, 5) is 0. The number of nitrogens with zero attached hydrogens (tertiary/aromatic N) is 2. The summed E-state index contributed by atoms with van der Waals surface area (Å²) in [6.45, 7) is 29.0. The van der Waals surface area contributed by atoms with Crippen LogP contribution in [0.2, 0.25) is 19.9 Å². The molecule has 0 atom stereocenters. The number of rotatable bonds is 1. The van der Waals surface area contributed by atoms with Gasteiger partial charge < -0.3 is 8.95 Å². The van der Waals surface area contributed by atoms with Crippen LogP contribution in [-0.2, 0) is 10.8 Å². The molecule has 0 unspecified atom stereocenters. The maximum atomic E-state index is 2.79. The minimum absolute atomic E-state index is 0.142.